The van der Waals surface area contributed by atoms with Gasteiger partial charge in [-0.15, -0.1) is 0 Å². The molecule has 0 aliphatic heterocycles. The van der Waals surface area contributed by atoms with Gasteiger partial charge in [-0.2, -0.15) is 0 Å². The normalized spacial score (nSPS) is 10.7. The van der Waals surface area contributed by atoms with Crippen LogP contribution in [0.5, 0.6) is 28.7 Å². The highest BCUT2D eigenvalue weighted by molar-refractivity contribution is 5.85. The molecule has 0 aliphatic rings. The van der Waals surface area contributed by atoms with Crippen molar-refractivity contribution in [1.29, 1.82) is 0 Å². The van der Waals surface area contributed by atoms with E-state index in [1.165, 1.54) is 6.07 Å². The van der Waals surface area contributed by atoms with Gasteiger partial charge in [0.25, 0.3) is 0 Å². The van der Waals surface area contributed by atoms with Crippen molar-refractivity contribution in [2.75, 3.05) is 7.11 Å². The summed E-state index contributed by atoms with van der Waals surface area (Å²) in [6.45, 7) is 1.57. The first kappa shape index (κ1) is 14.8. The number of aromatic hydroxyl groups is 2. The lowest BCUT2D eigenvalue weighted by atomic mass is 10.2. The van der Waals surface area contributed by atoms with Crippen LogP contribution < -0.4 is 14.9 Å². The number of fused-ring (bicyclic) bond motifs is 1. The second-order valence-corrected chi connectivity index (χ2v) is 4.93. The third-order valence-corrected chi connectivity index (χ3v) is 3.36. The molecule has 0 saturated carbocycles. The maximum absolute atomic E-state index is 12.6. The topological polar surface area (TPSA) is 89.1 Å². The smallest absolute Gasteiger partial charge is 0.239 e. The Morgan fingerprint density at radius 1 is 1.04 bits per heavy atom. The lowest BCUT2D eigenvalue weighted by Gasteiger charge is -2.10. The van der Waals surface area contributed by atoms with Crippen LogP contribution in [0.3, 0.4) is 0 Å². The molecule has 6 heteroatoms. The Morgan fingerprint density at radius 2 is 1.70 bits per heavy atom. The van der Waals surface area contributed by atoms with Gasteiger partial charge in [-0.1, -0.05) is 0 Å². The zero-order valence-electron chi connectivity index (χ0n) is 12.5. The fourth-order valence-electron chi connectivity index (χ4n) is 2.26. The molecule has 0 radical (unpaired) electrons. The van der Waals surface area contributed by atoms with Gasteiger partial charge in [0.05, 0.1) is 7.11 Å². The summed E-state index contributed by atoms with van der Waals surface area (Å²) in [5.41, 5.74) is -0.427. The van der Waals surface area contributed by atoms with Crippen molar-refractivity contribution in [3.8, 4) is 28.7 Å². The molecule has 0 fully saturated rings. The molecular formula is C17H14O6. The van der Waals surface area contributed by atoms with Gasteiger partial charge in [0.15, 0.2) is 0 Å². The van der Waals surface area contributed by atoms with Crippen molar-refractivity contribution < 1.29 is 24.1 Å². The molecule has 118 valence electrons. The maximum atomic E-state index is 12.6. The highest BCUT2D eigenvalue weighted by Gasteiger charge is 2.17. The number of aryl methyl sites for hydroxylation is 1. The number of phenolic OH excluding ortho intramolecular Hbond substituents is 2. The van der Waals surface area contributed by atoms with Gasteiger partial charge >= 0.3 is 0 Å². The minimum Gasteiger partial charge on any atom is -0.508 e. The van der Waals surface area contributed by atoms with Gasteiger partial charge in [-0.25, -0.2) is 0 Å². The molecule has 0 atom stereocenters. The van der Waals surface area contributed by atoms with E-state index in [1.54, 1.807) is 38.3 Å². The van der Waals surface area contributed by atoms with Gasteiger partial charge in [0.1, 0.15) is 39.7 Å². The van der Waals surface area contributed by atoms with E-state index in [0.717, 1.165) is 6.07 Å². The van der Waals surface area contributed by atoms with Crippen LogP contribution in [0.25, 0.3) is 11.0 Å². The first-order chi connectivity index (χ1) is 11.0. The average Bonchev–Trinajstić information content (AvgIpc) is 2.51. The molecule has 2 aromatic carbocycles. The minimum atomic E-state index is -0.517. The van der Waals surface area contributed by atoms with Crippen molar-refractivity contribution in [1.82, 2.24) is 0 Å². The molecule has 1 aromatic heterocycles. The molecule has 23 heavy (non-hydrogen) atoms. The predicted molar refractivity (Wildman–Crippen MR) is 83.6 cm³/mol. The van der Waals surface area contributed by atoms with Crippen LogP contribution in [0, 0.1) is 6.92 Å². The number of rotatable bonds is 3. The van der Waals surface area contributed by atoms with Crippen LogP contribution in [-0.2, 0) is 0 Å². The van der Waals surface area contributed by atoms with Gasteiger partial charge in [-0.05, 0) is 31.2 Å². The standard InChI is InChI=1S/C17H14O6/c1-9-17(23-12-5-3-11(21-2)4-6-12)16(20)15-13(19)7-10(18)8-14(15)22-9/h3-8,18-19H,1-2H3. The monoisotopic (exact) mass is 314 g/mol. The van der Waals surface area contributed by atoms with E-state index in [2.05, 4.69) is 0 Å². The Hall–Kier alpha value is -3.15. The number of ether oxygens (including phenoxy) is 2. The van der Waals surface area contributed by atoms with E-state index in [-0.39, 0.29) is 34.0 Å². The molecule has 0 unspecified atom stereocenters. The Bertz CT molecular complexity index is 924. The fraction of sp³-hybridized carbons (Fsp3) is 0.118. The van der Waals surface area contributed by atoms with Gasteiger partial charge < -0.3 is 24.1 Å². The molecule has 0 bridgehead atoms. The third kappa shape index (κ3) is 2.66. The molecule has 3 aromatic rings. The molecule has 1 heterocycles. The highest BCUT2D eigenvalue weighted by atomic mass is 16.5. The Labute approximate surface area is 131 Å². The fourth-order valence-corrected chi connectivity index (χ4v) is 2.26. The van der Waals surface area contributed by atoms with E-state index >= 15 is 0 Å². The van der Waals surface area contributed by atoms with Crippen molar-refractivity contribution in [3.63, 3.8) is 0 Å². The summed E-state index contributed by atoms with van der Waals surface area (Å²) in [4.78, 5) is 12.6. The first-order valence-corrected chi connectivity index (χ1v) is 6.81. The summed E-state index contributed by atoms with van der Waals surface area (Å²) >= 11 is 0. The quantitative estimate of drug-likeness (QED) is 0.771. The number of hydrogen-bond acceptors (Lipinski definition) is 6. The SMILES string of the molecule is COc1ccc(Oc2c(C)oc3cc(O)cc(O)c3c2=O)cc1. The Balaban J connectivity index is 2.12. The zero-order valence-corrected chi connectivity index (χ0v) is 12.5. The molecule has 3 rings (SSSR count). The summed E-state index contributed by atoms with van der Waals surface area (Å²) in [7, 11) is 1.55. The second-order valence-electron chi connectivity index (χ2n) is 4.93. The van der Waals surface area contributed by atoms with E-state index in [1.807, 2.05) is 0 Å². The van der Waals surface area contributed by atoms with Crippen LogP contribution in [0.4, 0.5) is 0 Å². The molecule has 6 nitrogen and oxygen atoms in total. The molecule has 0 amide bonds. The molecule has 0 spiro atoms. The van der Waals surface area contributed by atoms with E-state index in [0.29, 0.717) is 11.5 Å². The second kappa shape index (κ2) is 5.57. The number of phenols is 2. The number of methoxy groups -OCH3 is 1. The van der Waals surface area contributed by atoms with Gasteiger partial charge in [0, 0.05) is 12.1 Å². The summed E-state index contributed by atoms with van der Waals surface area (Å²) in [6.07, 6.45) is 0. The van der Waals surface area contributed by atoms with Crippen molar-refractivity contribution >= 4 is 11.0 Å². The van der Waals surface area contributed by atoms with E-state index in [9.17, 15) is 15.0 Å². The summed E-state index contributed by atoms with van der Waals surface area (Å²) in [5, 5.41) is 19.3. The van der Waals surface area contributed by atoms with Crippen LogP contribution in [0.1, 0.15) is 5.76 Å². The first-order valence-electron chi connectivity index (χ1n) is 6.81. The lowest BCUT2D eigenvalue weighted by Crippen LogP contribution is -2.07. The molecule has 2 N–H and O–H groups in total. The maximum Gasteiger partial charge on any atom is 0.239 e. The molecular weight excluding hydrogens is 300 g/mol. The third-order valence-electron chi connectivity index (χ3n) is 3.36. The number of hydrogen-bond donors (Lipinski definition) is 2. The lowest BCUT2D eigenvalue weighted by molar-refractivity contribution is 0.410. The van der Waals surface area contributed by atoms with E-state index in [4.69, 9.17) is 13.9 Å². The van der Waals surface area contributed by atoms with Crippen molar-refractivity contribution in [3.05, 3.63) is 52.4 Å². The Kier molecular flexibility index (Phi) is 3.57. The summed E-state index contributed by atoms with van der Waals surface area (Å²) in [5.74, 6) is 0.744. The zero-order chi connectivity index (χ0) is 16.6. The summed E-state index contributed by atoms with van der Waals surface area (Å²) in [6, 6.07) is 9.04. The van der Waals surface area contributed by atoms with Crippen molar-refractivity contribution in [2.45, 2.75) is 6.92 Å². The van der Waals surface area contributed by atoms with Crippen LogP contribution in [0.2, 0.25) is 0 Å². The summed E-state index contributed by atoms with van der Waals surface area (Å²) < 4.78 is 16.1. The highest BCUT2D eigenvalue weighted by Crippen LogP contribution is 2.32. The van der Waals surface area contributed by atoms with Crippen LogP contribution >= 0.6 is 0 Å². The van der Waals surface area contributed by atoms with Crippen LogP contribution in [0.15, 0.2) is 45.6 Å². The predicted octanol–water partition coefficient (Wildman–Crippen LogP) is 3.31. The average molecular weight is 314 g/mol. The van der Waals surface area contributed by atoms with Gasteiger partial charge in [0.2, 0.25) is 11.2 Å². The Morgan fingerprint density at radius 3 is 2.35 bits per heavy atom. The van der Waals surface area contributed by atoms with Crippen molar-refractivity contribution in [2.24, 2.45) is 0 Å². The number of benzene rings is 2. The minimum absolute atomic E-state index is 0.0244. The molecule has 0 saturated heterocycles. The van der Waals surface area contributed by atoms with E-state index < -0.39 is 5.43 Å². The molecule has 0 aliphatic carbocycles. The largest absolute Gasteiger partial charge is 0.508 e. The van der Waals surface area contributed by atoms with Crippen LogP contribution in [-0.4, -0.2) is 17.3 Å². The van der Waals surface area contributed by atoms with Gasteiger partial charge in [-0.3, -0.25) is 4.79 Å².